The first-order valence-electron chi connectivity index (χ1n) is 4.87. The average Bonchev–Trinajstić information content (AvgIpc) is 2.26. The van der Waals surface area contributed by atoms with Crippen LogP contribution in [0.3, 0.4) is 0 Å². The molecule has 0 radical (unpaired) electrons. The molecule has 0 aromatic carbocycles. The third-order valence-electron chi connectivity index (χ3n) is 3.31. The zero-order chi connectivity index (χ0) is 10.1. The Labute approximate surface area is 80.7 Å². The van der Waals surface area contributed by atoms with E-state index in [4.69, 9.17) is 6.42 Å². The fourth-order valence-corrected chi connectivity index (χ4v) is 2.08. The molecule has 0 aromatic rings. The van der Waals surface area contributed by atoms with E-state index in [0.29, 0.717) is 0 Å². The van der Waals surface area contributed by atoms with Crippen molar-refractivity contribution in [2.24, 2.45) is 0 Å². The van der Waals surface area contributed by atoms with E-state index in [1.165, 1.54) is 0 Å². The normalized spacial score (nSPS) is 41.5. The van der Waals surface area contributed by atoms with E-state index >= 15 is 0 Å². The van der Waals surface area contributed by atoms with Crippen LogP contribution in [0.4, 0.5) is 0 Å². The van der Waals surface area contributed by atoms with Gasteiger partial charge in [-0.25, -0.2) is 0 Å². The van der Waals surface area contributed by atoms with Crippen molar-refractivity contribution in [3.63, 3.8) is 0 Å². The highest BCUT2D eigenvalue weighted by Gasteiger charge is 2.47. The van der Waals surface area contributed by atoms with Crippen molar-refractivity contribution in [1.29, 1.82) is 0 Å². The van der Waals surface area contributed by atoms with Crippen molar-refractivity contribution in [1.82, 2.24) is 5.32 Å². The molecule has 3 atom stereocenters. The lowest BCUT2D eigenvalue weighted by Gasteiger charge is -2.39. The maximum Gasteiger partial charge on any atom is 0.0798 e. The SMILES string of the molecule is C#CC(C)NC1(C)CCCC1(C)O. The Bertz CT molecular complexity index is 229. The molecule has 0 heterocycles. The molecule has 1 aliphatic rings. The predicted molar refractivity (Wildman–Crippen MR) is 54.3 cm³/mol. The van der Waals surface area contributed by atoms with E-state index in [0.717, 1.165) is 19.3 Å². The van der Waals surface area contributed by atoms with Crippen molar-refractivity contribution in [3.8, 4) is 12.3 Å². The highest BCUT2D eigenvalue weighted by molar-refractivity contribution is 5.09. The summed E-state index contributed by atoms with van der Waals surface area (Å²) < 4.78 is 0. The van der Waals surface area contributed by atoms with Crippen LogP contribution in [-0.4, -0.2) is 22.3 Å². The summed E-state index contributed by atoms with van der Waals surface area (Å²) in [6.07, 6.45) is 8.21. The molecule has 3 unspecified atom stereocenters. The van der Waals surface area contributed by atoms with Gasteiger partial charge in [0.2, 0.25) is 0 Å². The van der Waals surface area contributed by atoms with Gasteiger partial charge in [0.25, 0.3) is 0 Å². The van der Waals surface area contributed by atoms with Crippen LogP contribution in [0.2, 0.25) is 0 Å². The summed E-state index contributed by atoms with van der Waals surface area (Å²) in [5.41, 5.74) is -0.850. The summed E-state index contributed by atoms with van der Waals surface area (Å²) in [5.74, 6) is 2.63. The second-order valence-corrected chi connectivity index (χ2v) is 4.49. The number of nitrogens with one attached hydrogen (secondary N) is 1. The van der Waals surface area contributed by atoms with E-state index in [2.05, 4.69) is 11.2 Å². The molecule has 0 aromatic heterocycles. The topological polar surface area (TPSA) is 32.3 Å². The fourth-order valence-electron chi connectivity index (χ4n) is 2.08. The molecule has 74 valence electrons. The monoisotopic (exact) mass is 181 g/mol. The Hall–Kier alpha value is -0.520. The molecule has 1 aliphatic carbocycles. The molecule has 1 rings (SSSR count). The first-order chi connectivity index (χ1) is 5.91. The number of terminal acetylenes is 1. The van der Waals surface area contributed by atoms with Crippen LogP contribution in [0.15, 0.2) is 0 Å². The van der Waals surface area contributed by atoms with Gasteiger partial charge in [0, 0.05) is 5.54 Å². The molecule has 0 aliphatic heterocycles. The lowest BCUT2D eigenvalue weighted by Crippen LogP contribution is -2.58. The number of aliphatic hydroxyl groups is 1. The fraction of sp³-hybridized carbons (Fsp3) is 0.818. The van der Waals surface area contributed by atoms with Crippen molar-refractivity contribution in [3.05, 3.63) is 0 Å². The van der Waals surface area contributed by atoms with E-state index in [9.17, 15) is 5.11 Å². The quantitative estimate of drug-likeness (QED) is 0.629. The first kappa shape index (κ1) is 10.6. The van der Waals surface area contributed by atoms with Gasteiger partial charge in [0.15, 0.2) is 0 Å². The maximum atomic E-state index is 10.1. The lowest BCUT2D eigenvalue weighted by atomic mass is 9.85. The van der Waals surface area contributed by atoms with Crippen molar-refractivity contribution in [2.45, 2.75) is 57.2 Å². The molecule has 1 fully saturated rings. The Balaban J connectivity index is 2.71. The van der Waals surface area contributed by atoms with Crippen LogP contribution in [0, 0.1) is 12.3 Å². The lowest BCUT2D eigenvalue weighted by molar-refractivity contribution is -0.00824. The zero-order valence-corrected chi connectivity index (χ0v) is 8.72. The van der Waals surface area contributed by atoms with Crippen LogP contribution >= 0.6 is 0 Å². The summed E-state index contributed by atoms with van der Waals surface area (Å²) in [5, 5.41) is 13.4. The molecular formula is C11H19NO. The van der Waals surface area contributed by atoms with E-state index in [-0.39, 0.29) is 11.6 Å². The standard InChI is InChI=1S/C11H19NO/c1-5-9(2)12-10(3)7-6-8-11(10,4)13/h1,9,12-13H,6-8H2,2-4H3. The third-order valence-corrected chi connectivity index (χ3v) is 3.31. The molecule has 2 nitrogen and oxygen atoms in total. The Morgan fingerprint density at radius 2 is 2.08 bits per heavy atom. The Morgan fingerprint density at radius 3 is 2.46 bits per heavy atom. The molecule has 13 heavy (non-hydrogen) atoms. The van der Waals surface area contributed by atoms with Crippen LogP contribution in [0.5, 0.6) is 0 Å². The maximum absolute atomic E-state index is 10.1. The van der Waals surface area contributed by atoms with Gasteiger partial charge in [-0.05, 0) is 40.0 Å². The van der Waals surface area contributed by atoms with E-state index in [1.54, 1.807) is 0 Å². The molecular weight excluding hydrogens is 162 g/mol. The minimum atomic E-state index is -0.627. The third kappa shape index (κ3) is 1.87. The summed E-state index contributed by atoms with van der Waals surface area (Å²) in [6, 6.07) is 0.0228. The van der Waals surface area contributed by atoms with Gasteiger partial charge in [-0.1, -0.05) is 5.92 Å². The predicted octanol–water partition coefficient (Wildman–Crippen LogP) is 1.29. The van der Waals surface area contributed by atoms with Crippen LogP contribution in [0.25, 0.3) is 0 Å². The van der Waals surface area contributed by atoms with Crippen molar-refractivity contribution < 1.29 is 5.11 Å². The highest BCUT2D eigenvalue weighted by atomic mass is 16.3. The van der Waals surface area contributed by atoms with Gasteiger partial charge in [-0.3, -0.25) is 5.32 Å². The molecule has 1 saturated carbocycles. The van der Waals surface area contributed by atoms with Crippen molar-refractivity contribution >= 4 is 0 Å². The summed E-state index contributed by atoms with van der Waals surface area (Å²) in [6.45, 7) is 5.88. The second-order valence-electron chi connectivity index (χ2n) is 4.49. The molecule has 0 spiro atoms. The molecule has 0 saturated heterocycles. The summed E-state index contributed by atoms with van der Waals surface area (Å²) in [4.78, 5) is 0. The van der Waals surface area contributed by atoms with E-state index in [1.807, 2.05) is 20.8 Å². The van der Waals surface area contributed by atoms with Gasteiger partial charge in [-0.15, -0.1) is 6.42 Å². The highest BCUT2D eigenvalue weighted by Crippen LogP contribution is 2.38. The second kappa shape index (κ2) is 3.32. The van der Waals surface area contributed by atoms with E-state index < -0.39 is 5.60 Å². The molecule has 0 amide bonds. The number of rotatable bonds is 2. The largest absolute Gasteiger partial charge is 0.388 e. The van der Waals surface area contributed by atoms with Gasteiger partial charge in [-0.2, -0.15) is 0 Å². The number of hydrogen-bond acceptors (Lipinski definition) is 2. The molecule has 0 bridgehead atoms. The Morgan fingerprint density at radius 1 is 1.46 bits per heavy atom. The smallest absolute Gasteiger partial charge is 0.0798 e. The van der Waals surface area contributed by atoms with Gasteiger partial charge >= 0.3 is 0 Å². The van der Waals surface area contributed by atoms with Crippen LogP contribution in [0.1, 0.15) is 40.0 Å². The van der Waals surface area contributed by atoms with Gasteiger partial charge in [0.1, 0.15) is 0 Å². The molecule has 2 heteroatoms. The average molecular weight is 181 g/mol. The van der Waals surface area contributed by atoms with Crippen molar-refractivity contribution in [2.75, 3.05) is 0 Å². The van der Waals surface area contributed by atoms with Crippen LogP contribution in [-0.2, 0) is 0 Å². The Kier molecular flexibility index (Phi) is 2.70. The van der Waals surface area contributed by atoms with Crippen LogP contribution < -0.4 is 5.32 Å². The minimum Gasteiger partial charge on any atom is -0.388 e. The summed E-state index contributed by atoms with van der Waals surface area (Å²) >= 11 is 0. The summed E-state index contributed by atoms with van der Waals surface area (Å²) in [7, 11) is 0. The van der Waals surface area contributed by atoms with Gasteiger partial charge in [0.05, 0.1) is 11.6 Å². The van der Waals surface area contributed by atoms with Gasteiger partial charge < -0.3 is 5.11 Å². The minimum absolute atomic E-state index is 0.0228. The number of hydrogen-bond donors (Lipinski definition) is 2. The first-order valence-corrected chi connectivity index (χ1v) is 4.87. The molecule has 2 N–H and O–H groups in total. The zero-order valence-electron chi connectivity index (χ0n) is 8.72.